The van der Waals surface area contributed by atoms with Crippen molar-refractivity contribution in [2.45, 2.75) is 0 Å². The van der Waals surface area contributed by atoms with Gasteiger partial charge < -0.3 is 14.2 Å². The quantitative estimate of drug-likeness (QED) is 0.571. The van der Waals surface area contributed by atoms with Gasteiger partial charge in [-0.15, -0.1) is 0 Å². The average Bonchev–Trinajstić information content (AvgIpc) is 3.24. The van der Waals surface area contributed by atoms with E-state index in [1.807, 2.05) is 12.1 Å². The Labute approximate surface area is 141 Å². The van der Waals surface area contributed by atoms with Gasteiger partial charge in [-0.2, -0.15) is 0 Å². The lowest BCUT2D eigenvalue weighted by Crippen LogP contribution is -2.10. The second-order valence-corrected chi connectivity index (χ2v) is 5.58. The number of halogens is 1. The van der Waals surface area contributed by atoms with Crippen molar-refractivity contribution < 1.29 is 13.6 Å². The predicted molar refractivity (Wildman–Crippen MR) is 91.1 cm³/mol. The summed E-state index contributed by atoms with van der Waals surface area (Å²) in [7, 11) is 0. The Morgan fingerprint density at radius 1 is 1.08 bits per heavy atom. The molecule has 0 radical (unpaired) electrons. The van der Waals surface area contributed by atoms with Crippen LogP contribution in [0.15, 0.2) is 69.7 Å². The minimum atomic E-state index is -0.318. The van der Waals surface area contributed by atoms with Crippen LogP contribution in [0, 0.1) is 0 Å². The highest BCUT2D eigenvalue weighted by molar-refractivity contribution is 6.31. The molecule has 0 bridgehead atoms. The third-order valence-corrected chi connectivity index (χ3v) is 3.70. The Morgan fingerprint density at radius 3 is 2.83 bits per heavy atom. The summed E-state index contributed by atoms with van der Waals surface area (Å²) in [6.07, 6.45) is 1.45. The maximum absolute atomic E-state index is 12.0. The number of benzene rings is 2. The summed E-state index contributed by atoms with van der Waals surface area (Å²) < 4.78 is 10.8. The van der Waals surface area contributed by atoms with E-state index in [1.165, 1.54) is 6.26 Å². The third-order valence-electron chi connectivity index (χ3n) is 3.46. The fourth-order valence-corrected chi connectivity index (χ4v) is 2.52. The predicted octanol–water partition coefficient (Wildman–Crippen LogP) is 4.99. The zero-order chi connectivity index (χ0) is 16.5. The first kappa shape index (κ1) is 14.5. The van der Waals surface area contributed by atoms with Crippen LogP contribution in [0.3, 0.4) is 0 Å². The molecule has 1 amide bonds. The van der Waals surface area contributed by atoms with Crippen molar-refractivity contribution in [1.82, 2.24) is 4.98 Å². The zero-order valence-corrected chi connectivity index (χ0v) is 13.1. The molecular weight excluding hydrogens is 328 g/mol. The summed E-state index contributed by atoms with van der Waals surface area (Å²) in [6.45, 7) is 0. The maximum Gasteiger partial charge on any atom is 0.291 e. The molecular formula is C18H11ClN2O3. The molecule has 2 aromatic heterocycles. The van der Waals surface area contributed by atoms with Gasteiger partial charge >= 0.3 is 0 Å². The minimum absolute atomic E-state index is 0.247. The molecule has 5 nitrogen and oxygen atoms in total. The smallest absolute Gasteiger partial charge is 0.291 e. The van der Waals surface area contributed by atoms with Crippen molar-refractivity contribution in [2.24, 2.45) is 0 Å². The number of fused-ring (bicyclic) bond motifs is 1. The highest BCUT2D eigenvalue weighted by Crippen LogP contribution is 2.27. The van der Waals surface area contributed by atoms with Crippen molar-refractivity contribution in [2.75, 3.05) is 5.32 Å². The van der Waals surface area contributed by atoms with Crippen LogP contribution in [0.25, 0.3) is 22.6 Å². The number of furan rings is 1. The summed E-state index contributed by atoms with van der Waals surface area (Å²) in [5.74, 6) is 0.389. The number of nitrogens with one attached hydrogen (secondary N) is 1. The Bertz CT molecular complexity index is 1020. The summed E-state index contributed by atoms with van der Waals surface area (Å²) in [5, 5.41) is 3.37. The molecule has 0 unspecified atom stereocenters. The monoisotopic (exact) mass is 338 g/mol. The standard InChI is InChI=1S/C18H11ClN2O3/c19-12-6-7-15-14(10-12)21-18(24-15)11-3-1-4-13(9-11)20-17(22)16-5-2-8-23-16/h1-10H,(H,20,22). The number of anilines is 1. The van der Waals surface area contributed by atoms with E-state index in [-0.39, 0.29) is 11.7 Å². The highest BCUT2D eigenvalue weighted by atomic mass is 35.5. The molecule has 2 aromatic carbocycles. The van der Waals surface area contributed by atoms with Gasteiger partial charge in [0.15, 0.2) is 11.3 Å². The SMILES string of the molecule is O=C(Nc1cccc(-c2nc3cc(Cl)ccc3o2)c1)c1ccco1. The zero-order valence-electron chi connectivity index (χ0n) is 12.3. The minimum Gasteiger partial charge on any atom is -0.459 e. The van der Waals surface area contributed by atoms with E-state index >= 15 is 0 Å². The lowest BCUT2D eigenvalue weighted by Gasteiger charge is -2.04. The molecule has 118 valence electrons. The van der Waals surface area contributed by atoms with Crippen molar-refractivity contribution in [3.05, 3.63) is 71.6 Å². The Morgan fingerprint density at radius 2 is 2.00 bits per heavy atom. The summed E-state index contributed by atoms with van der Waals surface area (Å²) in [5.41, 5.74) is 2.70. The Hall–Kier alpha value is -3.05. The van der Waals surface area contributed by atoms with Gasteiger partial charge in [0.2, 0.25) is 5.89 Å². The summed E-state index contributed by atoms with van der Waals surface area (Å²) >= 11 is 5.97. The molecule has 2 heterocycles. The van der Waals surface area contributed by atoms with Crippen LogP contribution < -0.4 is 5.32 Å². The van der Waals surface area contributed by atoms with Crippen LogP contribution in [0.2, 0.25) is 5.02 Å². The first-order valence-corrected chi connectivity index (χ1v) is 7.58. The first-order chi connectivity index (χ1) is 11.7. The number of hydrogen-bond acceptors (Lipinski definition) is 4. The first-order valence-electron chi connectivity index (χ1n) is 7.20. The number of carbonyl (C=O) groups excluding carboxylic acids is 1. The van der Waals surface area contributed by atoms with E-state index < -0.39 is 0 Å². The van der Waals surface area contributed by atoms with Crippen molar-refractivity contribution >= 4 is 34.3 Å². The van der Waals surface area contributed by atoms with Gasteiger partial charge in [-0.3, -0.25) is 4.79 Å². The molecule has 0 aliphatic heterocycles. The molecule has 0 saturated carbocycles. The molecule has 0 fully saturated rings. The molecule has 4 rings (SSSR count). The maximum atomic E-state index is 12.0. The van der Waals surface area contributed by atoms with Crippen LogP contribution in [-0.4, -0.2) is 10.9 Å². The van der Waals surface area contributed by atoms with E-state index in [1.54, 1.807) is 42.5 Å². The number of carbonyl (C=O) groups is 1. The molecule has 24 heavy (non-hydrogen) atoms. The summed E-state index contributed by atoms with van der Waals surface area (Å²) in [4.78, 5) is 16.5. The molecule has 0 saturated heterocycles. The Kier molecular flexibility index (Phi) is 3.55. The number of oxazole rings is 1. The molecule has 1 N–H and O–H groups in total. The van der Waals surface area contributed by atoms with Gasteiger partial charge in [0, 0.05) is 16.3 Å². The molecule has 0 spiro atoms. The van der Waals surface area contributed by atoms with E-state index in [0.29, 0.717) is 27.7 Å². The second-order valence-electron chi connectivity index (χ2n) is 5.14. The van der Waals surface area contributed by atoms with E-state index in [4.69, 9.17) is 20.4 Å². The molecule has 6 heteroatoms. The van der Waals surface area contributed by atoms with Gasteiger partial charge in [-0.25, -0.2) is 4.98 Å². The fourth-order valence-electron chi connectivity index (χ4n) is 2.35. The van der Waals surface area contributed by atoms with Crippen LogP contribution >= 0.6 is 11.6 Å². The number of rotatable bonds is 3. The van der Waals surface area contributed by atoms with Gasteiger partial charge in [0.05, 0.1) is 6.26 Å². The molecule has 0 aliphatic carbocycles. The van der Waals surface area contributed by atoms with Crippen molar-refractivity contribution in [3.8, 4) is 11.5 Å². The number of hydrogen-bond donors (Lipinski definition) is 1. The van der Waals surface area contributed by atoms with Crippen LogP contribution in [0.5, 0.6) is 0 Å². The van der Waals surface area contributed by atoms with E-state index in [0.717, 1.165) is 5.56 Å². The van der Waals surface area contributed by atoms with Gasteiger partial charge in [-0.05, 0) is 48.5 Å². The topological polar surface area (TPSA) is 68.3 Å². The highest BCUT2D eigenvalue weighted by Gasteiger charge is 2.12. The van der Waals surface area contributed by atoms with E-state index in [2.05, 4.69) is 10.3 Å². The fraction of sp³-hybridized carbons (Fsp3) is 0. The van der Waals surface area contributed by atoms with Crippen molar-refractivity contribution in [3.63, 3.8) is 0 Å². The molecule has 0 aliphatic rings. The number of amides is 1. The normalized spacial score (nSPS) is 10.9. The largest absolute Gasteiger partial charge is 0.459 e. The average molecular weight is 339 g/mol. The van der Waals surface area contributed by atoms with Gasteiger partial charge in [0.25, 0.3) is 5.91 Å². The lowest BCUT2D eigenvalue weighted by molar-refractivity contribution is 0.0996. The van der Waals surface area contributed by atoms with Crippen molar-refractivity contribution in [1.29, 1.82) is 0 Å². The number of aromatic nitrogens is 1. The molecule has 0 atom stereocenters. The van der Waals surface area contributed by atoms with E-state index in [9.17, 15) is 4.79 Å². The lowest BCUT2D eigenvalue weighted by atomic mass is 10.2. The third kappa shape index (κ3) is 2.77. The Balaban J connectivity index is 1.65. The van der Waals surface area contributed by atoms with Gasteiger partial charge in [0.1, 0.15) is 5.52 Å². The molecule has 4 aromatic rings. The van der Waals surface area contributed by atoms with Gasteiger partial charge in [-0.1, -0.05) is 17.7 Å². The van der Waals surface area contributed by atoms with Crippen LogP contribution in [0.4, 0.5) is 5.69 Å². The van der Waals surface area contributed by atoms with Crippen LogP contribution in [0.1, 0.15) is 10.6 Å². The second kappa shape index (κ2) is 5.86. The number of nitrogens with zero attached hydrogens (tertiary/aromatic N) is 1. The van der Waals surface area contributed by atoms with Crippen LogP contribution in [-0.2, 0) is 0 Å². The summed E-state index contributed by atoms with van der Waals surface area (Å²) in [6, 6.07) is 15.8.